The molecule has 2 fully saturated rings. The van der Waals surface area contributed by atoms with Crippen LogP contribution in [0.5, 0.6) is 0 Å². The molecule has 2 atom stereocenters. The minimum Gasteiger partial charge on any atom is -0.341 e. The predicted molar refractivity (Wildman–Crippen MR) is 64.3 cm³/mol. The van der Waals surface area contributed by atoms with Gasteiger partial charge in [0.05, 0.1) is 6.04 Å². The van der Waals surface area contributed by atoms with Crippen LogP contribution in [0.15, 0.2) is 0 Å². The van der Waals surface area contributed by atoms with E-state index >= 15 is 0 Å². The molecule has 2 aliphatic heterocycles. The van der Waals surface area contributed by atoms with E-state index in [2.05, 4.69) is 17.6 Å². The van der Waals surface area contributed by atoms with E-state index in [1.165, 1.54) is 0 Å². The summed E-state index contributed by atoms with van der Waals surface area (Å²) in [7, 11) is 0. The Hall–Kier alpha value is -0.610. The lowest BCUT2D eigenvalue weighted by molar-refractivity contribution is -0.132. The summed E-state index contributed by atoms with van der Waals surface area (Å²) in [5, 5.41) is 6.82. The van der Waals surface area contributed by atoms with Gasteiger partial charge in [0.25, 0.3) is 0 Å². The molecule has 0 aromatic carbocycles. The number of likely N-dealkylation sites (tertiary alicyclic amines) is 1. The minimum absolute atomic E-state index is 0.0528. The van der Waals surface area contributed by atoms with Crippen LogP contribution >= 0.6 is 0 Å². The van der Waals surface area contributed by atoms with Gasteiger partial charge in [-0.25, -0.2) is 0 Å². The lowest BCUT2D eigenvalue weighted by Gasteiger charge is -2.30. The Bertz CT molecular complexity index is 255. The largest absolute Gasteiger partial charge is 0.341 e. The predicted octanol–water partition coefficient (Wildman–Crippen LogP) is 0.339. The van der Waals surface area contributed by atoms with Crippen LogP contribution in [-0.4, -0.2) is 48.6 Å². The normalized spacial score (nSPS) is 32.0. The monoisotopic (exact) mass is 225 g/mol. The van der Waals surface area contributed by atoms with Crippen LogP contribution in [0.1, 0.15) is 33.1 Å². The number of amides is 1. The Morgan fingerprint density at radius 3 is 2.69 bits per heavy atom. The maximum Gasteiger partial charge on any atom is 0.239 e. The highest BCUT2D eigenvalue weighted by molar-refractivity contribution is 5.81. The summed E-state index contributed by atoms with van der Waals surface area (Å²) in [5.74, 6) is 0.269. The maximum atomic E-state index is 12.1. The SMILES string of the molecule is CC(NC1(C)CCNC1)C(=O)N1CCCC1. The number of hydrogen-bond donors (Lipinski definition) is 2. The van der Waals surface area contributed by atoms with Crippen LogP contribution in [0, 0.1) is 0 Å². The van der Waals surface area contributed by atoms with Crippen LogP contribution in [0.2, 0.25) is 0 Å². The first-order valence-electron chi connectivity index (χ1n) is 6.38. The zero-order valence-electron chi connectivity index (χ0n) is 10.4. The molecule has 4 nitrogen and oxygen atoms in total. The molecule has 2 unspecified atom stereocenters. The van der Waals surface area contributed by atoms with Gasteiger partial charge in [-0.3, -0.25) is 10.1 Å². The van der Waals surface area contributed by atoms with E-state index in [-0.39, 0.29) is 17.5 Å². The molecular formula is C12H23N3O. The van der Waals surface area contributed by atoms with Crippen molar-refractivity contribution in [2.75, 3.05) is 26.2 Å². The van der Waals surface area contributed by atoms with Crippen LogP contribution < -0.4 is 10.6 Å². The van der Waals surface area contributed by atoms with Gasteiger partial charge in [0.1, 0.15) is 0 Å². The number of nitrogens with zero attached hydrogens (tertiary/aromatic N) is 1. The highest BCUT2D eigenvalue weighted by Crippen LogP contribution is 2.16. The molecule has 1 amide bonds. The van der Waals surface area contributed by atoms with E-state index in [1.54, 1.807) is 0 Å². The van der Waals surface area contributed by atoms with E-state index in [9.17, 15) is 4.79 Å². The third kappa shape index (κ3) is 2.55. The minimum atomic E-state index is -0.0528. The third-order valence-electron chi connectivity index (χ3n) is 3.72. The lowest BCUT2D eigenvalue weighted by Crippen LogP contribution is -2.54. The summed E-state index contributed by atoms with van der Waals surface area (Å²) in [6.07, 6.45) is 3.43. The summed E-state index contributed by atoms with van der Waals surface area (Å²) in [6.45, 7) is 8.09. The fourth-order valence-electron chi connectivity index (χ4n) is 2.74. The fraction of sp³-hybridized carbons (Fsp3) is 0.917. The van der Waals surface area contributed by atoms with Crippen molar-refractivity contribution in [3.8, 4) is 0 Å². The van der Waals surface area contributed by atoms with Crippen molar-refractivity contribution in [2.24, 2.45) is 0 Å². The topological polar surface area (TPSA) is 44.4 Å². The van der Waals surface area contributed by atoms with Crippen molar-refractivity contribution in [2.45, 2.75) is 44.7 Å². The zero-order valence-corrected chi connectivity index (χ0v) is 10.4. The third-order valence-corrected chi connectivity index (χ3v) is 3.72. The highest BCUT2D eigenvalue weighted by atomic mass is 16.2. The van der Waals surface area contributed by atoms with E-state index < -0.39 is 0 Å². The molecule has 2 saturated heterocycles. The first-order chi connectivity index (χ1) is 7.61. The zero-order chi connectivity index (χ0) is 11.6. The van der Waals surface area contributed by atoms with Gasteiger partial charge < -0.3 is 10.2 Å². The van der Waals surface area contributed by atoms with Gasteiger partial charge in [-0.2, -0.15) is 0 Å². The molecular weight excluding hydrogens is 202 g/mol. The van der Waals surface area contributed by atoms with Crippen LogP contribution in [-0.2, 0) is 4.79 Å². The molecule has 92 valence electrons. The smallest absolute Gasteiger partial charge is 0.239 e. The molecule has 0 bridgehead atoms. The summed E-state index contributed by atoms with van der Waals surface area (Å²) < 4.78 is 0. The van der Waals surface area contributed by atoms with Crippen molar-refractivity contribution in [3.05, 3.63) is 0 Å². The van der Waals surface area contributed by atoms with Crippen molar-refractivity contribution in [1.29, 1.82) is 0 Å². The van der Waals surface area contributed by atoms with Crippen molar-refractivity contribution in [3.63, 3.8) is 0 Å². The standard InChI is InChI=1S/C12H23N3O/c1-10(11(16)15-7-3-4-8-15)14-12(2)5-6-13-9-12/h10,13-14H,3-9H2,1-2H3. The Labute approximate surface area is 97.8 Å². The van der Waals surface area contributed by atoms with E-state index in [0.717, 1.165) is 45.4 Å². The first kappa shape index (κ1) is 11.9. The molecule has 2 heterocycles. The van der Waals surface area contributed by atoms with E-state index in [4.69, 9.17) is 0 Å². The van der Waals surface area contributed by atoms with Crippen LogP contribution in [0.4, 0.5) is 0 Å². The average Bonchev–Trinajstić information content (AvgIpc) is 2.87. The Kier molecular flexibility index (Phi) is 3.50. The van der Waals surface area contributed by atoms with Gasteiger partial charge in [0.2, 0.25) is 5.91 Å². The second kappa shape index (κ2) is 4.72. The molecule has 16 heavy (non-hydrogen) atoms. The number of hydrogen-bond acceptors (Lipinski definition) is 3. The molecule has 2 aliphatic rings. The maximum absolute atomic E-state index is 12.1. The second-order valence-electron chi connectivity index (χ2n) is 5.39. The average molecular weight is 225 g/mol. The number of nitrogens with one attached hydrogen (secondary N) is 2. The van der Waals surface area contributed by atoms with Crippen molar-refractivity contribution >= 4 is 5.91 Å². The summed E-state index contributed by atoms with van der Waals surface area (Å²) in [4.78, 5) is 14.1. The molecule has 0 aromatic rings. The van der Waals surface area contributed by atoms with Crippen molar-refractivity contribution < 1.29 is 4.79 Å². The summed E-state index contributed by atoms with van der Waals surface area (Å²) in [6, 6.07) is -0.0528. The van der Waals surface area contributed by atoms with Gasteiger partial charge >= 0.3 is 0 Å². The van der Waals surface area contributed by atoms with E-state index in [1.807, 2.05) is 11.8 Å². The number of carbonyl (C=O) groups is 1. The van der Waals surface area contributed by atoms with Gasteiger partial charge in [0.15, 0.2) is 0 Å². The molecule has 4 heteroatoms. The van der Waals surface area contributed by atoms with Crippen LogP contribution in [0.25, 0.3) is 0 Å². The molecule has 0 aliphatic carbocycles. The lowest BCUT2D eigenvalue weighted by atomic mass is 10.0. The quantitative estimate of drug-likeness (QED) is 0.728. The molecule has 0 spiro atoms. The number of carbonyl (C=O) groups excluding carboxylic acids is 1. The molecule has 2 rings (SSSR count). The van der Waals surface area contributed by atoms with Gasteiger partial charge in [-0.05, 0) is 39.7 Å². The van der Waals surface area contributed by atoms with Crippen LogP contribution in [0.3, 0.4) is 0 Å². The Balaban J connectivity index is 1.86. The first-order valence-corrected chi connectivity index (χ1v) is 6.38. The Morgan fingerprint density at radius 1 is 1.44 bits per heavy atom. The summed E-state index contributed by atoms with van der Waals surface area (Å²) in [5.41, 5.74) is 0.0921. The van der Waals surface area contributed by atoms with E-state index in [0.29, 0.717) is 0 Å². The fourth-order valence-corrected chi connectivity index (χ4v) is 2.74. The molecule has 0 aromatic heterocycles. The van der Waals surface area contributed by atoms with Gasteiger partial charge in [0, 0.05) is 25.2 Å². The highest BCUT2D eigenvalue weighted by Gasteiger charge is 2.33. The molecule has 0 radical (unpaired) electrons. The van der Waals surface area contributed by atoms with Gasteiger partial charge in [-0.15, -0.1) is 0 Å². The van der Waals surface area contributed by atoms with Gasteiger partial charge in [-0.1, -0.05) is 0 Å². The Morgan fingerprint density at radius 2 is 2.12 bits per heavy atom. The van der Waals surface area contributed by atoms with Crippen molar-refractivity contribution in [1.82, 2.24) is 15.5 Å². The molecule has 2 N–H and O–H groups in total. The summed E-state index contributed by atoms with van der Waals surface area (Å²) >= 11 is 0. The second-order valence-corrected chi connectivity index (χ2v) is 5.39. The molecule has 0 saturated carbocycles. The number of rotatable bonds is 3.